The second-order valence-electron chi connectivity index (χ2n) is 5.48. The zero-order valence-electron chi connectivity index (χ0n) is 12.2. The molecule has 0 saturated heterocycles. The summed E-state index contributed by atoms with van der Waals surface area (Å²) in [6.45, 7) is 3.06. The summed E-state index contributed by atoms with van der Waals surface area (Å²) in [6.07, 6.45) is 3.96. The van der Waals surface area contributed by atoms with Crippen LogP contribution in [0.2, 0.25) is 0 Å². The molecule has 1 atom stereocenters. The van der Waals surface area contributed by atoms with Crippen LogP contribution in [0.5, 0.6) is 0 Å². The third-order valence-corrected chi connectivity index (χ3v) is 3.79. The summed E-state index contributed by atoms with van der Waals surface area (Å²) < 4.78 is 12.7. The topological polar surface area (TPSA) is 63.7 Å². The average Bonchev–Trinajstić information content (AvgIpc) is 3.09. The second-order valence-corrected chi connectivity index (χ2v) is 5.48. The van der Waals surface area contributed by atoms with Gasteiger partial charge in [-0.2, -0.15) is 0 Å². The minimum atomic E-state index is -0.495. The van der Waals surface area contributed by atoms with E-state index in [9.17, 15) is 5.11 Å². The van der Waals surface area contributed by atoms with Gasteiger partial charge in [0.25, 0.3) is 0 Å². The molecule has 114 valence electrons. The van der Waals surface area contributed by atoms with E-state index in [4.69, 9.17) is 9.15 Å². The number of nitrogens with zero attached hydrogens (tertiary/aromatic N) is 3. The summed E-state index contributed by atoms with van der Waals surface area (Å²) >= 11 is 0. The molecule has 0 saturated carbocycles. The number of aryl methyl sites for hydroxylation is 1. The van der Waals surface area contributed by atoms with E-state index in [0.717, 1.165) is 31.0 Å². The number of fused-ring (bicyclic) bond motifs is 1. The van der Waals surface area contributed by atoms with Gasteiger partial charge >= 0.3 is 0 Å². The molecule has 6 heteroatoms. The van der Waals surface area contributed by atoms with Crippen molar-refractivity contribution in [2.75, 3.05) is 19.7 Å². The highest BCUT2D eigenvalue weighted by molar-refractivity contribution is 5.16. The summed E-state index contributed by atoms with van der Waals surface area (Å²) in [4.78, 5) is 6.62. The molecule has 3 heterocycles. The minimum absolute atomic E-state index is 0.312. The Morgan fingerprint density at radius 2 is 2.43 bits per heavy atom. The van der Waals surface area contributed by atoms with Crippen LogP contribution in [-0.2, 0) is 31.4 Å². The largest absolute Gasteiger partial charge is 0.467 e. The molecule has 2 aromatic heterocycles. The van der Waals surface area contributed by atoms with Crippen LogP contribution in [0, 0.1) is 0 Å². The molecule has 1 unspecified atom stereocenters. The molecule has 0 spiro atoms. The minimum Gasteiger partial charge on any atom is -0.467 e. The van der Waals surface area contributed by atoms with Crippen LogP contribution in [0.3, 0.4) is 0 Å². The lowest BCUT2D eigenvalue weighted by molar-refractivity contribution is 0.00284. The first kappa shape index (κ1) is 14.3. The summed E-state index contributed by atoms with van der Waals surface area (Å²) in [5.41, 5.74) is 2.42. The number of aliphatic hydroxyl groups excluding tert-OH is 1. The number of rotatable bonds is 6. The van der Waals surface area contributed by atoms with Gasteiger partial charge in [-0.15, -0.1) is 0 Å². The zero-order valence-corrected chi connectivity index (χ0v) is 12.2. The van der Waals surface area contributed by atoms with Crippen molar-refractivity contribution in [3.8, 4) is 0 Å². The van der Waals surface area contributed by atoms with Gasteiger partial charge in [-0.1, -0.05) is 0 Å². The number of aromatic nitrogens is 2. The predicted octanol–water partition coefficient (Wildman–Crippen LogP) is 0.949. The molecule has 21 heavy (non-hydrogen) atoms. The van der Waals surface area contributed by atoms with Crippen molar-refractivity contribution in [3.63, 3.8) is 0 Å². The van der Waals surface area contributed by atoms with Gasteiger partial charge in [0.1, 0.15) is 12.4 Å². The Hall–Kier alpha value is -1.63. The lowest BCUT2D eigenvalue weighted by Gasteiger charge is -2.28. The van der Waals surface area contributed by atoms with Crippen molar-refractivity contribution in [1.29, 1.82) is 0 Å². The smallest absolute Gasteiger partial charge is 0.129 e. The maximum Gasteiger partial charge on any atom is 0.129 e. The van der Waals surface area contributed by atoms with E-state index in [2.05, 4.69) is 14.5 Å². The lowest BCUT2D eigenvalue weighted by atomic mass is 10.1. The first-order valence-electron chi connectivity index (χ1n) is 7.22. The van der Waals surface area contributed by atoms with Crippen molar-refractivity contribution >= 4 is 0 Å². The number of hydrogen-bond acceptors (Lipinski definition) is 5. The molecular weight excluding hydrogens is 270 g/mol. The van der Waals surface area contributed by atoms with E-state index in [0.29, 0.717) is 19.8 Å². The Balaban J connectivity index is 1.42. The van der Waals surface area contributed by atoms with Gasteiger partial charge in [-0.3, -0.25) is 4.90 Å². The van der Waals surface area contributed by atoms with E-state index in [1.54, 1.807) is 6.26 Å². The molecule has 1 N–H and O–H groups in total. The van der Waals surface area contributed by atoms with Gasteiger partial charge in [0.15, 0.2) is 0 Å². The Morgan fingerprint density at radius 3 is 3.24 bits per heavy atom. The van der Waals surface area contributed by atoms with Crippen LogP contribution in [0.15, 0.2) is 29.1 Å². The number of aliphatic hydroxyl groups is 1. The summed E-state index contributed by atoms with van der Waals surface area (Å²) in [5.74, 6) is 0.776. The first-order valence-corrected chi connectivity index (χ1v) is 7.22. The molecule has 0 bridgehead atoms. The monoisotopic (exact) mass is 291 g/mol. The third kappa shape index (κ3) is 3.53. The van der Waals surface area contributed by atoms with E-state index in [1.807, 2.05) is 25.5 Å². The normalized spacial score (nSPS) is 16.9. The maximum absolute atomic E-state index is 10.1. The maximum atomic E-state index is 10.1. The summed E-state index contributed by atoms with van der Waals surface area (Å²) in [6, 6.07) is 3.69. The van der Waals surface area contributed by atoms with Gasteiger partial charge in [-0.25, -0.2) is 4.98 Å². The molecule has 0 radical (unpaired) electrons. The quantitative estimate of drug-likeness (QED) is 0.858. The van der Waals surface area contributed by atoms with E-state index < -0.39 is 6.10 Å². The average molecular weight is 291 g/mol. The van der Waals surface area contributed by atoms with E-state index in [1.165, 1.54) is 5.69 Å². The summed E-state index contributed by atoms with van der Waals surface area (Å²) in [5, 5.41) is 10.1. The molecule has 1 aliphatic rings. The van der Waals surface area contributed by atoms with Crippen molar-refractivity contribution in [2.45, 2.75) is 25.7 Å². The van der Waals surface area contributed by atoms with Crippen LogP contribution < -0.4 is 0 Å². The number of ether oxygens (including phenoxy) is 1. The van der Waals surface area contributed by atoms with Crippen LogP contribution in [0.4, 0.5) is 0 Å². The Morgan fingerprint density at radius 1 is 1.52 bits per heavy atom. The SMILES string of the molecule is Cn1cnc2c1CCN(CC(O)COCc1ccco1)C2. The molecule has 0 fully saturated rings. The molecule has 0 amide bonds. The van der Waals surface area contributed by atoms with Crippen LogP contribution in [0.1, 0.15) is 17.1 Å². The van der Waals surface area contributed by atoms with Gasteiger partial charge in [-0.05, 0) is 12.1 Å². The van der Waals surface area contributed by atoms with Crippen LogP contribution >= 0.6 is 0 Å². The lowest BCUT2D eigenvalue weighted by Crippen LogP contribution is -2.38. The van der Waals surface area contributed by atoms with Crippen molar-refractivity contribution < 1.29 is 14.3 Å². The number of hydrogen-bond donors (Lipinski definition) is 1. The van der Waals surface area contributed by atoms with E-state index in [-0.39, 0.29) is 0 Å². The fourth-order valence-corrected chi connectivity index (χ4v) is 2.71. The highest BCUT2D eigenvalue weighted by atomic mass is 16.5. The summed E-state index contributed by atoms with van der Waals surface area (Å²) in [7, 11) is 2.03. The molecule has 3 rings (SSSR count). The third-order valence-electron chi connectivity index (χ3n) is 3.79. The molecular formula is C15H21N3O3. The highest BCUT2D eigenvalue weighted by Gasteiger charge is 2.21. The van der Waals surface area contributed by atoms with Gasteiger partial charge in [0.2, 0.25) is 0 Å². The zero-order chi connectivity index (χ0) is 14.7. The molecule has 1 aliphatic heterocycles. The Kier molecular flexibility index (Phi) is 4.38. The van der Waals surface area contributed by atoms with Crippen molar-refractivity contribution in [1.82, 2.24) is 14.5 Å². The first-order chi connectivity index (χ1) is 10.2. The standard InChI is InChI=1S/C15H21N3O3/c1-17-11-16-14-8-18(5-4-15(14)17)7-12(19)9-20-10-13-3-2-6-21-13/h2-3,6,11-12,19H,4-5,7-10H2,1H3. The number of imidazole rings is 1. The molecule has 6 nitrogen and oxygen atoms in total. The number of β-amino-alcohol motifs (C(OH)–C–C–N with tert-alkyl or cyclic N) is 1. The molecule has 0 aromatic carbocycles. The van der Waals surface area contributed by atoms with Crippen molar-refractivity contribution in [2.24, 2.45) is 7.05 Å². The fraction of sp³-hybridized carbons (Fsp3) is 0.533. The van der Waals surface area contributed by atoms with Crippen LogP contribution in [-0.4, -0.2) is 45.4 Å². The highest BCUT2D eigenvalue weighted by Crippen LogP contribution is 2.17. The number of furan rings is 1. The predicted molar refractivity (Wildman–Crippen MR) is 76.6 cm³/mol. The fourth-order valence-electron chi connectivity index (χ4n) is 2.71. The molecule has 2 aromatic rings. The van der Waals surface area contributed by atoms with Gasteiger partial charge in [0.05, 0.1) is 31.0 Å². The van der Waals surface area contributed by atoms with E-state index >= 15 is 0 Å². The second kappa shape index (κ2) is 6.43. The van der Waals surface area contributed by atoms with Gasteiger partial charge in [0, 0.05) is 38.8 Å². The molecule has 0 aliphatic carbocycles. The van der Waals surface area contributed by atoms with Gasteiger partial charge < -0.3 is 18.8 Å². The van der Waals surface area contributed by atoms with Crippen LogP contribution in [0.25, 0.3) is 0 Å². The Labute approximate surface area is 124 Å². The Bertz CT molecular complexity index is 565. The van der Waals surface area contributed by atoms with Crippen molar-refractivity contribution in [3.05, 3.63) is 41.9 Å².